The van der Waals surface area contributed by atoms with Gasteiger partial charge in [-0.1, -0.05) is 0 Å². The van der Waals surface area contributed by atoms with Crippen LogP contribution in [0.25, 0.3) is 0 Å². The Bertz CT molecular complexity index is 603. The molecule has 0 unspecified atom stereocenters. The van der Waals surface area contributed by atoms with Crippen molar-refractivity contribution >= 4 is 43.6 Å². The van der Waals surface area contributed by atoms with E-state index in [1.165, 1.54) is 0 Å². The Balaban J connectivity index is 1.99. The number of aryl methyl sites for hydroxylation is 2. The first-order chi connectivity index (χ1) is 8.37. The number of aromatic nitrogens is 1. The molecular formula is C10H13N3O2S3. The van der Waals surface area contributed by atoms with Gasteiger partial charge in [-0.05, 0) is 26.1 Å². The molecule has 2 atom stereocenters. The summed E-state index contributed by atoms with van der Waals surface area (Å²) in [6, 6.07) is -0.195. The van der Waals surface area contributed by atoms with Crippen LogP contribution < -0.4 is 10.2 Å². The summed E-state index contributed by atoms with van der Waals surface area (Å²) >= 11 is 6.85. The zero-order chi connectivity index (χ0) is 13.1. The molecular weight excluding hydrogens is 290 g/mol. The molecule has 0 bridgehead atoms. The van der Waals surface area contributed by atoms with E-state index >= 15 is 0 Å². The van der Waals surface area contributed by atoms with Gasteiger partial charge in [0.05, 0.1) is 29.3 Å². The fraction of sp³-hybridized carbons (Fsp3) is 0.600. The van der Waals surface area contributed by atoms with Crippen LogP contribution >= 0.6 is 23.6 Å². The van der Waals surface area contributed by atoms with Gasteiger partial charge in [0, 0.05) is 4.88 Å². The van der Waals surface area contributed by atoms with Gasteiger partial charge >= 0.3 is 0 Å². The highest BCUT2D eigenvalue weighted by molar-refractivity contribution is 7.91. The fourth-order valence-corrected chi connectivity index (χ4v) is 5.68. The molecule has 2 aliphatic rings. The zero-order valence-corrected chi connectivity index (χ0v) is 12.5. The van der Waals surface area contributed by atoms with Crippen molar-refractivity contribution in [1.29, 1.82) is 0 Å². The maximum Gasteiger partial charge on any atom is 0.192 e. The lowest BCUT2D eigenvalue weighted by atomic mass is 10.2. The van der Waals surface area contributed by atoms with Crippen LogP contribution in [0.2, 0.25) is 0 Å². The molecule has 8 heteroatoms. The molecule has 1 aromatic rings. The number of sulfone groups is 1. The molecule has 2 aliphatic heterocycles. The van der Waals surface area contributed by atoms with E-state index in [1.54, 1.807) is 11.3 Å². The summed E-state index contributed by atoms with van der Waals surface area (Å²) in [7, 11) is -2.96. The lowest BCUT2D eigenvalue weighted by Gasteiger charge is -2.19. The lowest BCUT2D eigenvalue weighted by molar-refractivity contribution is 0.600. The quantitative estimate of drug-likeness (QED) is 0.768. The highest BCUT2D eigenvalue weighted by Gasteiger charge is 2.48. The first-order valence-electron chi connectivity index (χ1n) is 5.61. The van der Waals surface area contributed by atoms with Crippen molar-refractivity contribution in [2.45, 2.75) is 25.9 Å². The maximum absolute atomic E-state index is 11.7. The van der Waals surface area contributed by atoms with Crippen molar-refractivity contribution in [3.63, 3.8) is 0 Å². The van der Waals surface area contributed by atoms with Crippen molar-refractivity contribution in [1.82, 2.24) is 10.3 Å². The highest BCUT2D eigenvalue weighted by Crippen LogP contribution is 2.33. The van der Waals surface area contributed by atoms with Crippen LogP contribution in [0.5, 0.6) is 0 Å². The number of hydrogen-bond donors (Lipinski definition) is 1. The Kier molecular flexibility index (Phi) is 2.65. The second-order valence-electron chi connectivity index (χ2n) is 4.71. The summed E-state index contributed by atoms with van der Waals surface area (Å²) in [5.74, 6) is 0.320. The standard InChI is InChI=1S/C10H13N3O2S3/c1-5-6(2)17-10(11-5)13-8-4-18(14,15)3-7(8)12-9(13)16/h7-8H,3-4H2,1-2H3,(H,12,16)/t7-,8-/m0/s1. The van der Waals surface area contributed by atoms with Crippen LogP contribution in [-0.2, 0) is 9.84 Å². The maximum atomic E-state index is 11.7. The van der Waals surface area contributed by atoms with Crippen LogP contribution in [0.1, 0.15) is 10.6 Å². The number of fused-ring (bicyclic) bond motifs is 1. The SMILES string of the molecule is Cc1nc(N2C(=S)N[C@H]3CS(=O)(=O)C[C@@H]32)sc1C. The van der Waals surface area contributed by atoms with E-state index < -0.39 is 9.84 Å². The van der Waals surface area contributed by atoms with E-state index in [-0.39, 0.29) is 23.6 Å². The molecule has 0 aromatic carbocycles. The third-order valence-electron chi connectivity index (χ3n) is 3.41. The van der Waals surface area contributed by atoms with Gasteiger partial charge in [0.2, 0.25) is 0 Å². The second-order valence-corrected chi connectivity index (χ2v) is 8.43. The predicted molar refractivity (Wildman–Crippen MR) is 76.0 cm³/mol. The molecule has 3 heterocycles. The van der Waals surface area contributed by atoms with Gasteiger partial charge < -0.3 is 5.32 Å². The summed E-state index contributed by atoms with van der Waals surface area (Å²) in [4.78, 5) is 7.48. The highest BCUT2D eigenvalue weighted by atomic mass is 32.2. The Hall–Kier alpha value is -0.730. The van der Waals surface area contributed by atoms with Crippen molar-refractivity contribution < 1.29 is 8.42 Å². The van der Waals surface area contributed by atoms with Crippen molar-refractivity contribution in [2.24, 2.45) is 0 Å². The summed E-state index contributed by atoms with van der Waals surface area (Å²) in [6.45, 7) is 3.96. The molecule has 1 aromatic heterocycles. The smallest absolute Gasteiger partial charge is 0.192 e. The number of nitrogens with one attached hydrogen (secondary N) is 1. The average molecular weight is 303 g/mol. The minimum Gasteiger partial charge on any atom is -0.356 e. The lowest BCUT2D eigenvalue weighted by Crippen LogP contribution is -2.36. The number of rotatable bonds is 1. The average Bonchev–Trinajstić information content (AvgIpc) is 2.77. The number of hydrogen-bond acceptors (Lipinski definition) is 5. The predicted octanol–water partition coefficient (Wildman–Crippen LogP) is 0.620. The van der Waals surface area contributed by atoms with Crippen LogP contribution in [0.15, 0.2) is 0 Å². The molecule has 0 spiro atoms. The van der Waals surface area contributed by atoms with E-state index in [4.69, 9.17) is 12.2 Å². The molecule has 3 rings (SSSR count). The molecule has 0 saturated carbocycles. The summed E-state index contributed by atoms with van der Waals surface area (Å²) in [6.07, 6.45) is 0. The van der Waals surface area contributed by atoms with Gasteiger partial charge in [-0.2, -0.15) is 0 Å². The van der Waals surface area contributed by atoms with E-state index in [9.17, 15) is 8.42 Å². The monoisotopic (exact) mass is 303 g/mol. The Morgan fingerprint density at radius 1 is 1.44 bits per heavy atom. The molecule has 2 saturated heterocycles. The molecule has 0 amide bonds. The summed E-state index contributed by atoms with van der Waals surface area (Å²) in [5, 5.41) is 4.48. The summed E-state index contributed by atoms with van der Waals surface area (Å²) in [5.41, 5.74) is 0.974. The fourth-order valence-electron chi connectivity index (χ4n) is 2.39. The van der Waals surface area contributed by atoms with Crippen molar-refractivity contribution in [3.8, 4) is 0 Å². The van der Waals surface area contributed by atoms with E-state index in [0.29, 0.717) is 5.11 Å². The number of nitrogens with zero attached hydrogens (tertiary/aromatic N) is 2. The van der Waals surface area contributed by atoms with E-state index in [0.717, 1.165) is 15.7 Å². The van der Waals surface area contributed by atoms with Crippen LogP contribution in [0.4, 0.5) is 5.13 Å². The van der Waals surface area contributed by atoms with Gasteiger partial charge in [-0.3, -0.25) is 4.90 Å². The molecule has 1 N–H and O–H groups in total. The van der Waals surface area contributed by atoms with Crippen LogP contribution in [0.3, 0.4) is 0 Å². The third kappa shape index (κ3) is 1.83. The first kappa shape index (κ1) is 12.3. The normalized spacial score (nSPS) is 29.4. The second kappa shape index (κ2) is 3.88. The zero-order valence-electron chi connectivity index (χ0n) is 10.0. The Labute approximate surface area is 115 Å². The number of thiazole rings is 1. The van der Waals surface area contributed by atoms with Gasteiger partial charge in [-0.15, -0.1) is 11.3 Å². The molecule has 0 aliphatic carbocycles. The Morgan fingerprint density at radius 3 is 2.78 bits per heavy atom. The topological polar surface area (TPSA) is 62.3 Å². The van der Waals surface area contributed by atoms with Gasteiger partial charge in [0.25, 0.3) is 0 Å². The van der Waals surface area contributed by atoms with Crippen molar-refractivity contribution in [2.75, 3.05) is 16.4 Å². The number of anilines is 1. The first-order valence-corrected chi connectivity index (χ1v) is 8.66. The number of thiocarbonyl (C=S) groups is 1. The van der Waals surface area contributed by atoms with Gasteiger partial charge in [0.15, 0.2) is 20.1 Å². The van der Waals surface area contributed by atoms with E-state index in [1.807, 2.05) is 18.7 Å². The Morgan fingerprint density at radius 2 is 2.17 bits per heavy atom. The van der Waals surface area contributed by atoms with Gasteiger partial charge in [-0.25, -0.2) is 13.4 Å². The molecule has 18 heavy (non-hydrogen) atoms. The summed E-state index contributed by atoms with van der Waals surface area (Å²) < 4.78 is 23.3. The van der Waals surface area contributed by atoms with Crippen molar-refractivity contribution in [3.05, 3.63) is 10.6 Å². The minimum atomic E-state index is -2.96. The van der Waals surface area contributed by atoms with Crippen LogP contribution in [-0.4, -0.2) is 42.1 Å². The minimum absolute atomic E-state index is 0.0907. The molecule has 2 fully saturated rings. The third-order valence-corrected chi connectivity index (χ3v) is 6.51. The van der Waals surface area contributed by atoms with Gasteiger partial charge in [0.1, 0.15) is 0 Å². The molecule has 0 radical (unpaired) electrons. The van der Waals surface area contributed by atoms with E-state index in [2.05, 4.69) is 10.3 Å². The molecule has 98 valence electrons. The molecule has 5 nitrogen and oxygen atoms in total. The van der Waals surface area contributed by atoms with Crippen LogP contribution in [0, 0.1) is 13.8 Å². The largest absolute Gasteiger partial charge is 0.356 e.